The molecule has 0 spiro atoms. The van der Waals surface area contributed by atoms with Crippen molar-refractivity contribution in [3.63, 3.8) is 0 Å². The molecule has 5 nitrogen and oxygen atoms in total. The smallest absolute Gasteiger partial charge is 0.192 e. The Kier molecular flexibility index (Phi) is 4.24. The first kappa shape index (κ1) is 16.7. The number of likely N-dealkylation sites (N-methyl/N-ethyl adjacent to an activating group) is 1. The molecule has 0 saturated carbocycles. The van der Waals surface area contributed by atoms with Crippen LogP contribution in [0.3, 0.4) is 0 Å². The number of thiophene rings is 1. The number of nitrogens with two attached hydrogens (primary N) is 1. The highest BCUT2D eigenvalue weighted by Crippen LogP contribution is 2.55. The van der Waals surface area contributed by atoms with Crippen molar-refractivity contribution in [2.24, 2.45) is 17.1 Å². The summed E-state index contributed by atoms with van der Waals surface area (Å²) >= 11 is 4.95. The molecule has 2 aliphatic rings. The lowest BCUT2D eigenvalue weighted by Crippen LogP contribution is -2.47. The molecule has 7 heteroatoms. The molecule has 0 amide bonds. The maximum Gasteiger partial charge on any atom is 0.192 e. The molecule has 1 aliphatic heterocycles. The number of nitriles is 3. The third-order valence-electron chi connectivity index (χ3n) is 4.74. The summed E-state index contributed by atoms with van der Waals surface area (Å²) in [5.41, 5.74) is 5.92. The van der Waals surface area contributed by atoms with E-state index >= 15 is 0 Å². The third-order valence-corrected chi connectivity index (χ3v) is 6.52. The molecule has 1 aromatic heterocycles. The number of hydrogen-bond donors (Lipinski definition) is 1. The van der Waals surface area contributed by atoms with Crippen LogP contribution in [0.4, 0.5) is 0 Å². The Morgan fingerprint density at radius 1 is 1.38 bits per heavy atom. The van der Waals surface area contributed by atoms with Crippen molar-refractivity contribution in [3.05, 3.63) is 43.7 Å². The molecule has 0 radical (unpaired) electrons. The van der Waals surface area contributed by atoms with E-state index in [1.807, 2.05) is 24.6 Å². The largest absolute Gasteiger partial charge is 0.399 e. The summed E-state index contributed by atoms with van der Waals surface area (Å²) in [7, 11) is 1.99. The normalized spacial score (nSPS) is 25.9. The van der Waals surface area contributed by atoms with E-state index in [9.17, 15) is 15.8 Å². The van der Waals surface area contributed by atoms with Crippen LogP contribution in [-0.2, 0) is 0 Å². The summed E-state index contributed by atoms with van der Waals surface area (Å²) in [5, 5.41) is 31.3. The van der Waals surface area contributed by atoms with Gasteiger partial charge in [-0.1, -0.05) is 6.08 Å². The highest BCUT2D eigenvalue weighted by Gasteiger charge is 2.54. The highest BCUT2D eigenvalue weighted by atomic mass is 79.9. The van der Waals surface area contributed by atoms with Gasteiger partial charge in [0.25, 0.3) is 0 Å². The molecule has 0 saturated heterocycles. The van der Waals surface area contributed by atoms with Gasteiger partial charge >= 0.3 is 0 Å². The number of allylic oxidation sites excluding steroid dienone is 2. The highest BCUT2D eigenvalue weighted by molar-refractivity contribution is 9.10. The lowest BCUT2D eigenvalue weighted by atomic mass is 9.59. The van der Waals surface area contributed by atoms with Gasteiger partial charge in [-0.25, -0.2) is 0 Å². The van der Waals surface area contributed by atoms with Gasteiger partial charge in [0.15, 0.2) is 5.41 Å². The van der Waals surface area contributed by atoms with Crippen molar-refractivity contribution in [2.75, 3.05) is 20.1 Å². The fourth-order valence-corrected chi connectivity index (χ4v) is 5.30. The molecule has 0 fully saturated rings. The Morgan fingerprint density at radius 3 is 2.62 bits per heavy atom. The molecular formula is C17H14BrN5S. The van der Waals surface area contributed by atoms with E-state index in [-0.39, 0.29) is 11.6 Å². The van der Waals surface area contributed by atoms with Crippen molar-refractivity contribution >= 4 is 27.3 Å². The van der Waals surface area contributed by atoms with Crippen LogP contribution in [0.25, 0.3) is 0 Å². The van der Waals surface area contributed by atoms with Gasteiger partial charge in [0, 0.05) is 39.7 Å². The summed E-state index contributed by atoms with van der Waals surface area (Å²) in [6.45, 7) is 1.40. The standard InChI is InChI=1S/C17H14BrN5S/c1-23-3-2-11-12(5-19)16(22)17(8-20,9-21)15(13(11)6-23)14-4-10(18)7-24-14/h2,4,7,13,15H,3,6,22H2,1H3/t13-,15-/m0/s1. The fraction of sp³-hybridized carbons (Fsp3) is 0.353. The van der Waals surface area contributed by atoms with E-state index in [4.69, 9.17) is 5.73 Å². The minimum Gasteiger partial charge on any atom is -0.399 e. The Morgan fingerprint density at radius 2 is 2.08 bits per heavy atom. The van der Waals surface area contributed by atoms with Crippen LogP contribution >= 0.6 is 27.3 Å². The summed E-state index contributed by atoms with van der Waals surface area (Å²) in [4.78, 5) is 3.05. The molecule has 24 heavy (non-hydrogen) atoms. The molecule has 3 rings (SSSR count). The Hall–Kier alpha value is -2.11. The average molecular weight is 400 g/mol. The van der Waals surface area contributed by atoms with Crippen molar-refractivity contribution in [1.29, 1.82) is 15.8 Å². The Balaban J connectivity index is 2.33. The summed E-state index contributed by atoms with van der Waals surface area (Å²) in [6, 6.07) is 8.34. The number of nitrogens with zero attached hydrogens (tertiary/aromatic N) is 4. The summed E-state index contributed by atoms with van der Waals surface area (Å²) < 4.78 is 0.913. The van der Waals surface area contributed by atoms with E-state index in [1.165, 1.54) is 11.3 Å². The van der Waals surface area contributed by atoms with Gasteiger partial charge in [0.2, 0.25) is 0 Å². The quantitative estimate of drug-likeness (QED) is 0.781. The molecule has 2 atom stereocenters. The molecule has 2 N–H and O–H groups in total. The van der Waals surface area contributed by atoms with Gasteiger partial charge in [-0.3, -0.25) is 0 Å². The number of halogens is 1. The van der Waals surface area contributed by atoms with Gasteiger partial charge in [-0.2, -0.15) is 15.8 Å². The second kappa shape index (κ2) is 6.07. The van der Waals surface area contributed by atoms with Gasteiger partial charge in [0.1, 0.15) is 6.07 Å². The van der Waals surface area contributed by atoms with Gasteiger partial charge in [0.05, 0.1) is 23.4 Å². The van der Waals surface area contributed by atoms with Crippen molar-refractivity contribution in [3.8, 4) is 18.2 Å². The second-order valence-electron chi connectivity index (χ2n) is 6.06. The predicted octanol–water partition coefficient (Wildman–Crippen LogP) is 2.87. The molecule has 1 aromatic rings. The van der Waals surface area contributed by atoms with Crippen LogP contribution in [0.1, 0.15) is 10.8 Å². The summed E-state index contributed by atoms with van der Waals surface area (Å²) in [6.07, 6.45) is 1.99. The number of fused-ring (bicyclic) bond motifs is 1. The monoisotopic (exact) mass is 399 g/mol. The topological polar surface area (TPSA) is 101 Å². The van der Waals surface area contributed by atoms with Gasteiger partial charge < -0.3 is 10.6 Å². The zero-order valence-corrected chi connectivity index (χ0v) is 15.4. The first-order valence-corrected chi connectivity index (χ1v) is 9.01. The SMILES string of the molecule is CN1CC=C2C(C#N)=C(N)C(C#N)(C#N)[C@H](c3cc(Br)cs3)[C@H]2C1. The minimum absolute atomic E-state index is 0.0802. The zero-order chi connectivity index (χ0) is 17.5. The average Bonchev–Trinajstić information content (AvgIpc) is 3.00. The lowest BCUT2D eigenvalue weighted by molar-refractivity contribution is 0.240. The third kappa shape index (κ3) is 2.27. The maximum atomic E-state index is 9.88. The van der Waals surface area contributed by atoms with Crippen LogP contribution in [0.2, 0.25) is 0 Å². The van der Waals surface area contributed by atoms with Crippen molar-refractivity contribution in [2.45, 2.75) is 5.92 Å². The molecule has 2 heterocycles. The van der Waals surface area contributed by atoms with Crippen LogP contribution in [-0.4, -0.2) is 25.0 Å². The molecule has 0 bridgehead atoms. The Labute approximate surface area is 153 Å². The van der Waals surface area contributed by atoms with Crippen molar-refractivity contribution in [1.82, 2.24) is 4.90 Å². The molecule has 0 aromatic carbocycles. The van der Waals surface area contributed by atoms with Crippen molar-refractivity contribution < 1.29 is 0 Å². The van der Waals surface area contributed by atoms with Crippen LogP contribution in [0.15, 0.2) is 38.8 Å². The maximum absolute atomic E-state index is 9.88. The molecule has 0 unspecified atom stereocenters. The summed E-state index contributed by atoms with van der Waals surface area (Å²) in [5.74, 6) is -0.509. The molecular weight excluding hydrogens is 386 g/mol. The van der Waals surface area contributed by atoms with Gasteiger partial charge in [-0.05, 0) is 34.6 Å². The molecule has 1 aliphatic carbocycles. The van der Waals surface area contributed by atoms with E-state index < -0.39 is 11.3 Å². The molecule has 120 valence electrons. The zero-order valence-electron chi connectivity index (χ0n) is 13.0. The van der Waals surface area contributed by atoms with Crippen LogP contribution < -0.4 is 5.73 Å². The first-order valence-electron chi connectivity index (χ1n) is 7.34. The minimum atomic E-state index is -1.53. The van der Waals surface area contributed by atoms with E-state index in [1.54, 1.807) is 0 Å². The van der Waals surface area contributed by atoms with Gasteiger partial charge in [-0.15, -0.1) is 11.3 Å². The van der Waals surface area contributed by atoms with E-state index in [0.717, 1.165) is 21.5 Å². The Bertz CT molecular complexity index is 862. The first-order chi connectivity index (χ1) is 11.5. The van der Waals surface area contributed by atoms with Crippen LogP contribution in [0, 0.1) is 45.3 Å². The second-order valence-corrected chi connectivity index (χ2v) is 7.92. The van der Waals surface area contributed by atoms with E-state index in [2.05, 4.69) is 39.0 Å². The number of hydrogen-bond acceptors (Lipinski definition) is 6. The van der Waals surface area contributed by atoms with Crippen LogP contribution in [0.5, 0.6) is 0 Å². The predicted molar refractivity (Wildman–Crippen MR) is 94.3 cm³/mol. The fourth-order valence-electron chi connectivity index (χ4n) is 3.62. The lowest BCUT2D eigenvalue weighted by Gasteiger charge is -2.44. The van der Waals surface area contributed by atoms with E-state index in [0.29, 0.717) is 12.1 Å². The number of rotatable bonds is 1.